The summed E-state index contributed by atoms with van der Waals surface area (Å²) in [4.78, 5) is 0. The van der Waals surface area contributed by atoms with Crippen LogP contribution in [0.2, 0.25) is 0 Å². The minimum atomic E-state index is 0.202. The third-order valence-electron chi connectivity index (χ3n) is 5.85. The molecule has 3 rings (SSSR count). The van der Waals surface area contributed by atoms with Gasteiger partial charge in [-0.1, -0.05) is 27.7 Å². The molecule has 2 bridgehead atoms. The van der Waals surface area contributed by atoms with Crippen molar-refractivity contribution in [2.45, 2.75) is 66.0 Å². The fourth-order valence-corrected chi connectivity index (χ4v) is 4.95. The minimum absolute atomic E-state index is 0.202. The lowest BCUT2D eigenvalue weighted by Crippen LogP contribution is -2.39. The maximum atomic E-state index is 4.38. The topological polar surface area (TPSA) is 55.6 Å². The van der Waals surface area contributed by atoms with E-state index in [4.69, 9.17) is 0 Å². The summed E-state index contributed by atoms with van der Waals surface area (Å²) in [7, 11) is 0. The van der Waals surface area contributed by atoms with E-state index >= 15 is 0 Å². The first-order chi connectivity index (χ1) is 9.40. The van der Waals surface area contributed by atoms with Crippen LogP contribution in [0.1, 0.15) is 71.8 Å². The zero-order chi connectivity index (χ0) is 14.5. The highest BCUT2D eigenvalue weighted by Gasteiger charge is 2.61. The van der Waals surface area contributed by atoms with E-state index in [2.05, 4.69) is 60.1 Å². The summed E-state index contributed by atoms with van der Waals surface area (Å²) < 4.78 is 2.13. The van der Waals surface area contributed by atoms with Crippen LogP contribution in [0.15, 0.2) is 0 Å². The van der Waals surface area contributed by atoms with Crippen molar-refractivity contribution in [3.63, 3.8) is 0 Å². The van der Waals surface area contributed by atoms with Crippen LogP contribution < -0.4 is 5.32 Å². The molecule has 1 aromatic rings. The predicted octanol–water partition coefficient (Wildman–Crippen LogP) is 2.73. The van der Waals surface area contributed by atoms with Crippen molar-refractivity contribution in [2.24, 2.45) is 16.7 Å². The van der Waals surface area contributed by atoms with E-state index in [0.29, 0.717) is 11.5 Å². The number of rotatable bonds is 4. The van der Waals surface area contributed by atoms with E-state index < -0.39 is 0 Å². The second-order valence-electron chi connectivity index (χ2n) is 7.58. The Labute approximate surface area is 121 Å². The zero-order valence-corrected chi connectivity index (χ0v) is 13.3. The second-order valence-corrected chi connectivity index (χ2v) is 7.58. The number of tetrazole rings is 1. The molecular formula is C15H27N5. The number of fused-ring (bicyclic) bond motifs is 2. The smallest absolute Gasteiger partial charge is 0.168 e. The Hall–Kier alpha value is -0.970. The molecule has 0 aliphatic heterocycles. The molecule has 0 spiro atoms. The standard InChI is InChI=1S/C15H27N5/c1-6-16-10(2)12-17-18-19-20(12)13-14(3,4)11-7-8-15(13,5)9-11/h10-11,13,16H,6-9H2,1-5H3. The molecule has 2 aliphatic carbocycles. The molecule has 1 aromatic heterocycles. The molecule has 1 N–H and O–H groups in total. The maximum Gasteiger partial charge on any atom is 0.168 e. The van der Waals surface area contributed by atoms with Crippen LogP contribution in [0.3, 0.4) is 0 Å². The number of hydrogen-bond acceptors (Lipinski definition) is 4. The summed E-state index contributed by atoms with van der Waals surface area (Å²) in [5.41, 5.74) is 0.632. The lowest BCUT2D eigenvalue weighted by molar-refractivity contribution is 0.0682. The van der Waals surface area contributed by atoms with E-state index in [-0.39, 0.29) is 11.5 Å². The molecule has 20 heavy (non-hydrogen) atoms. The molecule has 1 heterocycles. The van der Waals surface area contributed by atoms with Crippen molar-refractivity contribution in [3.8, 4) is 0 Å². The fourth-order valence-electron chi connectivity index (χ4n) is 4.95. The van der Waals surface area contributed by atoms with E-state index in [0.717, 1.165) is 18.3 Å². The van der Waals surface area contributed by atoms with Crippen molar-refractivity contribution in [2.75, 3.05) is 6.54 Å². The molecule has 0 amide bonds. The minimum Gasteiger partial charge on any atom is -0.308 e. The van der Waals surface area contributed by atoms with Crippen molar-refractivity contribution in [3.05, 3.63) is 5.82 Å². The summed E-state index contributed by atoms with van der Waals surface area (Å²) >= 11 is 0. The normalized spacial score (nSPS) is 36.5. The number of nitrogens with one attached hydrogen (secondary N) is 1. The largest absolute Gasteiger partial charge is 0.308 e. The van der Waals surface area contributed by atoms with Gasteiger partial charge in [-0.2, -0.15) is 0 Å². The Morgan fingerprint density at radius 2 is 2.15 bits per heavy atom. The first kappa shape index (κ1) is 14.0. The third-order valence-corrected chi connectivity index (χ3v) is 5.85. The third kappa shape index (κ3) is 1.82. The second kappa shape index (κ2) is 4.52. The van der Waals surface area contributed by atoms with Crippen LogP contribution in [0.5, 0.6) is 0 Å². The van der Waals surface area contributed by atoms with Crippen LogP contribution in [0.4, 0.5) is 0 Å². The molecule has 0 radical (unpaired) electrons. The van der Waals surface area contributed by atoms with Crippen LogP contribution in [0.25, 0.3) is 0 Å². The van der Waals surface area contributed by atoms with Crippen LogP contribution in [-0.2, 0) is 0 Å². The molecular weight excluding hydrogens is 250 g/mol. The molecule has 5 nitrogen and oxygen atoms in total. The summed E-state index contributed by atoms with van der Waals surface area (Å²) in [5, 5.41) is 16.1. The first-order valence-corrected chi connectivity index (χ1v) is 7.91. The highest BCUT2D eigenvalue weighted by molar-refractivity contribution is 5.12. The zero-order valence-electron chi connectivity index (χ0n) is 13.3. The van der Waals surface area contributed by atoms with Crippen molar-refractivity contribution < 1.29 is 0 Å². The van der Waals surface area contributed by atoms with E-state index in [1.165, 1.54) is 19.3 Å². The molecule has 5 heteroatoms. The summed E-state index contributed by atoms with van der Waals surface area (Å²) in [6.07, 6.45) is 3.99. The monoisotopic (exact) mass is 277 g/mol. The van der Waals surface area contributed by atoms with Gasteiger partial charge in [0.05, 0.1) is 12.1 Å². The van der Waals surface area contributed by atoms with Gasteiger partial charge in [0.25, 0.3) is 0 Å². The quantitative estimate of drug-likeness (QED) is 0.919. The van der Waals surface area contributed by atoms with Gasteiger partial charge in [0.1, 0.15) is 0 Å². The summed E-state index contributed by atoms with van der Waals surface area (Å²) in [5.74, 6) is 1.79. The molecule has 0 saturated heterocycles. The van der Waals surface area contributed by atoms with Gasteiger partial charge < -0.3 is 5.32 Å². The SMILES string of the molecule is CCNC(C)c1nnnn1C1C2(C)CCC(C2)C1(C)C. The molecule has 112 valence electrons. The number of aromatic nitrogens is 4. The van der Waals surface area contributed by atoms with Gasteiger partial charge in [0.15, 0.2) is 5.82 Å². The van der Waals surface area contributed by atoms with Gasteiger partial charge in [-0.3, -0.25) is 0 Å². The van der Waals surface area contributed by atoms with Gasteiger partial charge in [0.2, 0.25) is 0 Å². The van der Waals surface area contributed by atoms with Crippen LogP contribution in [-0.4, -0.2) is 26.8 Å². The Morgan fingerprint density at radius 1 is 1.40 bits per heavy atom. The summed E-state index contributed by atoms with van der Waals surface area (Å²) in [6.45, 7) is 12.4. The molecule has 4 atom stereocenters. The Morgan fingerprint density at radius 3 is 2.75 bits per heavy atom. The maximum absolute atomic E-state index is 4.38. The average molecular weight is 277 g/mol. The highest BCUT2D eigenvalue weighted by Crippen LogP contribution is 2.68. The lowest BCUT2D eigenvalue weighted by atomic mass is 9.68. The van der Waals surface area contributed by atoms with Crippen LogP contribution >= 0.6 is 0 Å². The van der Waals surface area contributed by atoms with E-state index in [1.54, 1.807) is 0 Å². The van der Waals surface area contributed by atoms with Gasteiger partial charge in [0, 0.05) is 0 Å². The van der Waals surface area contributed by atoms with Crippen molar-refractivity contribution in [1.29, 1.82) is 0 Å². The molecule has 4 unspecified atom stereocenters. The molecule has 2 saturated carbocycles. The van der Waals surface area contributed by atoms with Crippen molar-refractivity contribution >= 4 is 0 Å². The molecule has 2 fully saturated rings. The lowest BCUT2D eigenvalue weighted by Gasteiger charge is -2.42. The van der Waals surface area contributed by atoms with Gasteiger partial charge in [-0.05, 0) is 59.9 Å². The number of nitrogens with zero attached hydrogens (tertiary/aromatic N) is 4. The van der Waals surface area contributed by atoms with Gasteiger partial charge in [-0.25, -0.2) is 4.68 Å². The average Bonchev–Trinajstić information content (AvgIpc) is 3.00. The predicted molar refractivity (Wildman–Crippen MR) is 78.2 cm³/mol. The van der Waals surface area contributed by atoms with Crippen molar-refractivity contribution in [1.82, 2.24) is 25.5 Å². The summed E-state index contributed by atoms with van der Waals surface area (Å²) in [6, 6.07) is 0.619. The highest BCUT2D eigenvalue weighted by atomic mass is 15.6. The molecule has 2 aliphatic rings. The Kier molecular flexibility index (Phi) is 3.16. The number of hydrogen-bond donors (Lipinski definition) is 1. The Balaban J connectivity index is 1.99. The van der Waals surface area contributed by atoms with Gasteiger partial charge in [-0.15, -0.1) is 5.10 Å². The Bertz CT molecular complexity index is 489. The molecule has 0 aromatic carbocycles. The van der Waals surface area contributed by atoms with E-state index in [1.807, 2.05) is 0 Å². The fraction of sp³-hybridized carbons (Fsp3) is 0.933. The van der Waals surface area contributed by atoms with Gasteiger partial charge >= 0.3 is 0 Å². The van der Waals surface area contributed by atoms with Crippen LogP contribution in [0, 0.1) is 16.7 Å². The van der Waals surface area contributed by atoms with E-state index in [9.17, 15) is 0 Å². The first-order valence-electron chi connectivity index (χ1n) is 7.91.